The molecular formula is C22H27N3O2. The lowest BCUT2D eigenvalue weighted by Gasteiger charge is -2.28. The second-order valence-corrected chi connectivity index (χ2v) is 7.02. The van der Waals surface area contributed by atoms with Gasteiger partial charge in [0.2, 0.25) is 11.8 Å². The second-order valence-electron chi connectivity index (χ2n) is 7.02. The molecule has 1 unspecified atom stereocenters. The summed E-state index contributed by atoms with van der Waals surface area (Å²) in [4.78, 5) is 26.6. The smallest absolute Gasteiger partial charge is 0.233 e. The van der Waals surface area contributed by atoms with Crippen molar-refractivity contribution in [3.63, 3.8) is 0 Å². The maximum Gasteiger partial charge on any atom is 0.233 e. The standard InChI is InChI=1S/C22H27N3O2/c1-17(18-8-4-2-5-9-18)23-21(26)16-22(27)24-19-10-12-20(13-11-19)25-14-6-3-7-15-25/h2,4-5,8-13,17H,3,6-7,14-16H2,1H3,(H,23,26)(H,24,27). The fourth-order valence-corrected chi connectivity index (χ4v) is 3.38. The van der Waals surface area contributed by atoms with E-state index < -0.39 is 0 Å². The van der Waals surface area contributed by atoms with E-state index in [1.807, 2.05) is 61.5 Å². The molecule has 0 radical (unpaired) electrons. The Morgan fingerprint density at radius 1 is 0.926 bits per heavy atom. The summed E-state index contributed by atoms with van der Waals surface area (Å²) in [6.45, 7) is 4.08. The maximum atomic E-state index is 12.1. The summed E-state index contributed by atoms with van der Waals surface area (Å²) in [5.41, 5.74) is 2.91. The number of amides is 2. The first kappa shape index (κ1) is 19.0. The molecule has 1 aliphatic rings. The highest BCUT2D eigenvalue weighted by Gasteiger charge is 2.14. The molecule has 1 fully saturated rings. The van der Waals surface area contributed by atoms with E-state index in [1.54, 1.807) is 0 Å². The van der Waals surface area contributed by atoms with Crippen LogP contribution in [0.5, 0.6) is 0 Å². The summed E-state index contributed by atoms with van der Waals surface area (Å²) in [6, 6.07) is 17.4. The molecule has 2 N–H and O–H groups in total. The molecule has 1 aliphatic heterocycles. The van der Waals surface area contributed by atoms with Gasteiger partial charge in [0.05, 0.1) is 6.04 Å². The van der Waals surface area contributed by atoms with Crippen molar-refractivity contribution >= 4 is 23.2 Å². The average Bonchev–Trinajstić information content (AvgIpc) is 2.69. The Hall–Kier alpha value is -2.82. The van der Waals surface area contributed by atoms with Gasteiger partial charge in [-0.15, -0.1) is 0 Å². The van der Waals surface area contributed by atoms with E-state index in [9.17, 15) is 9.59 Å². The van der Waals surface area contributed by atoms with Crippen molar-refractivity contribution < 1.29 is 9.59 Å². The summed E-state index contributed by atoms with van der Waals surface area (Å²) in [6.07, 6.45) is 3.57. The number of nitrogens with one attached hydrogen (secondary N) is 2. The third-order valence-corrected chi connectivity index (χ3v) is 4.87. The predicted molar refractivity (Wildman–Crippen MR) is 109 cm³/mol. The zero-order chi connectivity index (χ0) is 19.1. The van der Waals surface area contributed by atoms with E-state index >= 15 is 0 Å². The molecule has 0 saturated carbocycles. The van der Waals surface area contributed by atoms with Crippen LogP contribution in [0.15, 0.2) is 54.6 Å². The van der Waals surface area contributed by atoms with Crippen LogP contribution in [0.2, 0.25) is 0 Å². The molecule has 2 aromatic rings. The Morgan fingerprint density at radius 2 is 1.59 bits per heavy atom. The number of carbonyl (C=O) groups is 2. The van der Waals surface area contributed by atoms with Gasteiger partial charge >= 0.3 is 0 Å². The first-order valence-electron chi connectivity index (χ1n) is 9.61. The molecule has 0 bridgehead atoms. The molecular weight excluding hydrogens is 338 g/mol. The molecule has 5 heteroatoms. The molecule has 27 heavy (non-hydrogen) atoms. The van der Waals surface area contributed by atoms with Gasteiger partial charge in [0, 0.05) is 24.5 Å². The summed E-state index contributed by atoms with van der Waals surface area (Å²) >= 11 is 0. The third-order valence-electron chi connectivity index (χ3n) is 4.87. The van der Waals surface area contributed by atoms with Crippen molar-refractivity contribution in [3.05, 3.63) is 60.2 Å². The van der Waals surface area contributed by atoms with Crippen LogP contribution < -0.4 is 15.5 Å². The van der Waals surface area contributed by atoms with Crippen LogP contribution in [-0.2, 0) is 9.59 Å². The first-order valence-corrected chi connectivity index (χ1v) is 9.61. The topological polar surface area (TPSA) is 61.4 Å². The summed E-state index contributed by atoms with van der Waals surface area (Å²) in [7, 11) is 0. The number of nitrogens with zero attached hydrogens (tertiary/aromatic N) is 1. The van der Waals surface area contributed by atoms with Crippen LogP contribution in [-0.4, -0.2) is 24.9 Å². The molecule has 1 heterocycles. The van der Waals surface area contributed by atoms with Gasteiger partial charge in [0.25, 0.3) is 0 Å². The van der Waals surface area contributed by atoms with Crippen molar-refractivity contribution in [2.75, 3.05) is 23.3 Å². The van der Waals surface area contributed by atoms with Crippen molar-refractivity contribution in [1.82, 2.24) is 5.32 Å². The van der Waals surface area contributed by atoms with E-state index in [2.05, 4.69) is 15.5 Å². The quantitative estimate of drug-likeness (QED) is 0.764. The lowest BCUT2D eigenvalue weighted by molar-refractivity contribution is -0.127. The first-order chi connectivity index (χ1) is 13.1. The molecule has 1 atom stereocenters. The highest BCUT2D eigenvalue weighted by Crippen LogP contribution is 2.22. The van der Waals surface area contributed by atoms with Gasteiger partial charge in [0.1, 0.15) is 6.42 Å². The molecule has 5 nitrogen and oxygen atoms in total. The monoisotopic (exact) mass is 365 g/mol. The van der Waals surface area contributed by atoms with Crippen LogP contribution in [0, 0.1) is 0 Å². The van der Waals surface area contributed by atoms with Gasteiger partial charge in [-0.25, -0.2) is 0 Å². The predicted octanol–water partition coefficient (Wildman–Crippen LogP) is 3.88. The van der Waals surface area contributed by atoms with Crippen LogP contribution >= 0.6 is 0 Å². The Kier molecular flexibility index (Phi) is 6.47. The zero-order valence-electron chi connectivity index (χ0n) is 15.8. The molecule has 2 amide bonds. The molecule has 1 saturated heterocycles. The SMILES string of the molecule is CC(NC(=O)CC(=O)Nc1ccc(N2CCCCC2)cc1)c1ccccc1. The molecule has 2 aromatic carbocycles. The number of carbonyl (C=O) groups excluding carboxylic acids is 2. The number of piperidine rings is 1. The van der Waals surface area contributed by atoms with Crippen molar-refractivity contribution in [3.8, 4) is 0 Å². The molecule has 3 rings (SSSR count). The minimum absolute atomic E-state index is 0.129. The van der Waals surface area contributed by atoms with Crippen molar-refractivity contribution in [2.45, 2.75) is 38.6 Å². The summed E-state index contributed by atoms with van der Waals surface area (Å²) in [5.74, 6) is -0.590. The van der Waals surface area contributed by atoms with Crippen LogP contribution in [0.4, 0.5) is 11.4 Å². The summed E-state index contributed by atoms with van der Waals surface area (Å²) in [5, 5.41) is 5.66. The maximum absolute atomic E-state index is 12.1. The second kappa shape index (κ2) is 9.21. The van der Waals surface area contributed by atoms with Gasteiger partial charge in [-0.05, 0) is 56.0 Å². The molecule has 0 aromatic heterocycles. The van der Waals surface area contributed by atoms with Crippen LogP contribution in [0.25, 0.3) is 0 Å². The van der Waals surface area contributed by atoms with Crippen molar-refractivity contribution in [1.29, 1.82) is 0 Å². The number of benzene rings is 2. The molecule has 0 aliphatic carbocycles. The molecule has 0 spiro atoms. The minimum atomic E-state index is -0.307. The summed E-state index contributed by atoms with van der Waals surface area (Å²) < 4.78 is 0. The minimum Gasteiger partial charge on any atom is -0.372 e. The van der Waals surface area contributed by atoms with E-state index in [0.29, 0.717) is 5.69 Å². The fourth-order valence-electron chi connectivity index (χ4n) is 3.38. The number of hydrogen-bond donors (Lipinski definition) is 2. The van der Waals surface area contributed by atoms with Gasteiger partial charge < -0.3 is 15.5 Å². The Labute approximate surface area is 160 Å². The normalized spacial score (nSPS) is 15.1. The van der Waals surface area contributed by atoms with E-state index in [1.165, 1.54) is 24.9 Å². The van der Waals surface area contributed by atoms with Gasteiger partial charge in [-0.1, -0.05) is 30.3 Å². The van der Waals surface area contributed by atoms with Crippen LogP contribution in [0.1, 0.15) is 44.2 Å². The lowest BCUT2D eigenvalue weighted by atomic mass is 10.1. The number of rotatable bonds is 6. The Bertz CT molecular complexity index is 753. The number of anilines is 2. The van der Waals surface area contributed by atoms with Gasteiger partial charge in [0.15, 0.2) is 0 Å². The van der Waals surface area contributed by atoms with E-state index in [-0.39, 0.29) is 24.3 Å². The Balaban J connectivity index is 1.47. The van der Waals surface area contributed by atoms with Gasteiger partial charge in [-0.2, -0.15) is 0 Å². The zero-order valence-corrected chi connectivity index (χ0v) is 15.8. The van der Waals surface area contributed by atoms with Crippen molar-refractivity contribution in [2.24, 2.45) is 0 Å². The van der Waals surface area contributed by atoms with E-state index in [0.717, 1.165) is 18.7 Å². The highest BCUT2D eigenvalue weighted by molar-refractivity contribution is 6.03. The van der Waals surface area contributed by atoms with E-state index in [4.69, 9.17) is 0 Å². The van der Waals surface area contributed by atoms with Gasteiger partial charge in [-0.3, -0.25) is 9.59 Å². The largest absolute Gasteiger partial charge is 0.372 e. The molecule has 142 valence electrons. The fraction of sp³-hybridized carbons (Fsp3) is 0.364. The van der Waals surface area contributed by atoms with Crippen LogP contribution in [0.3, 0.4) is 0 Å². The Morgan fingerprint density at radius 3 is 2.26 bits per heavy atom. The highest BCUT2D eigenvalue weighted by atomic mass is 16.2. The third kappa shape index (κ3) is 5.58. The average molecular weight is 365 g/mol. The number of hydrogen-bond acceptors (Lipinski definition) is 3. The lowest BCUT2D eigenvalue weighted by Crippen LogP contribution is -2.30.